The molecule has 1 amide bonds. The van der Waals surface area contributed by atoms with E-state index in [2.05, 4.69) is 34.9 Å². The fourth-order valence-corrected chi connectivity index (χ4v) is 4.23. The zero-order valence-electron chi connectivity index (χ0n) is 17.1. The van der Waals surface area contributed by atoms with Gasteiger partial charge >= 0.3 is 0 Å². The largest absolute Gasteiger partial charge is 0.496 e. The number of amides is 1. The van der Waals surface area contributed by atoms with Crippen LogP contribution in [0.4, 0.5) is 0 Å². The van der Waals surface area contributed by atoms with Crippen molar-refractivity contribution >= 4 is 27.7 Å². The fraction of sp³-hybridized carbons (Fsp3) is 0.0741. The molecule has 0 saturated heterocycles. The summed E-state index contributed by atoms with van der Waals surface area (Å²) in [4.78, 5) is 12.2. The molecule has 0 spiro atoms. The van der Waals surface area contributed by atoms with E-state index in [-0.39, 0.29) is 0 Å². The molecular formula is C27H21N2O2. The topological polar surface area (TPSA) is 57.2 Å². The Bertz CT molecular complexity index is 1420. The molecule has 4 heteroatoms. The first kappa shape index (κ1) is 18.9. The fourth-order valence-electron chi connectivity index (χ4n) is 4.23. The molecule has 0 aliphatic carbocycles. The molecule has 4 nitrogen and oxygen atoms in total. The van der Waals surface area contributed by atoms with Crippen LogP contribution in [0.5, 0.6) is 5.75 Å². The standard InChI is InChI=1S/C27H21N2O2/c1-31-25-13-6-5-10-20(25)17-29-23-12-7-11-22(27(28)30)26(23)21-15-14-19(16-24(21)29)18-8-3-2-4-9-18/h2-14,16H,17H2,1H3,(H2,28,30). The summed E-state index contributed by atoms with van der Waals surface area (Å²) < 4.78 is 7.78. The van der Waals surface area contributed by atoms with Crippen LogP contribution in [0, 0.1) is 6.07 Å². The lowest BCUT2D eigenvalue weighted by molar-refractivity contribution is 0.100. The molecule has 0 atom stereocenters. The van der Waals surface area contributed by atoms with Crippen molar-refractivity contribution in [2.24, 2.45) is 5.73 Å². The predicted molar refractivity (Wildman–Crippen MR) is 124 cm³/mol. The van der Waals surface area contributed by atoms with Crippen molar-refractivity contribution in [2.75, 3.05) is 7.11 Å². The Kier molecular flexibility index (Phi) is 4.68. The number of hydrogen-bond donors (Lipinski definition) is 1. The molecule has 5 rings (SSSR count). The predicted octanol–water partition coefficient (Wildman–Crippen LogP) is 5.42. The lowest BCUT2D eigenvalue weighted by atomic mass is 10.0. The number of rotatable bonds is 5. The molecule has 1 aromatic heterocycles. The Morgan fingerprint density at radius 3 is 2.48 bits per heavy atom. The lowest BCUT2D eigenvalue weighted by Crippen LogP contribution is -2.11. The summed E-state index contributed by atoms with van der Waals surface area (Å²) in [7, 11) is 1.68. The number of para-hydroxylation sites is 1. The maximum absolute atomic E-state index is 12.2. The van der Waals surface area contributed by atoms with Gasteiger partial charge in [-0.2, -0.15) is 0 Å². The maximum Gasteiger partial charge on any atom is 0.249 e. The molecular weight excluding hydrogens is 384 g/mol. The van der Waals surface area contributed by atoms with E-state index in [0.29, 0.717) is 12.1 Å². The van der Waals surface area contributed by atoms with Gasteiger partial charge in [-0.1, -0.05) is 54.6 Å². The van der Waals surface area contributed by atoms with Crippen molar-refractivity contribution in [3.8, 4) is 16.9 Å². The van der Waals surface area contributed by atoms with Gasteiger partial charge in [0.15, 0.2) is 0 Å². The number of hydrogen-bond acceptors (Lipinski definition) is 2. The highest BCUT2D eigenvalue weighted by atomic mass is 16.5. The number of benzene rings is 4. The van der Waals surface area contributed by atoms with Gasteiger partial charge in [-0.15, -0.1) is 0 Å². The van der Waals surface area contributed by atoms with E-state index in [4.69, 9.17) is 10.5 Å². The van der Waals surface area contributed by atoms with E-state index in [1.54, 1.807) is 13.2 Å². The van der Waals surface area contributed by atoms with Crippen LogP contribution < -0.4 is 10.5 Å². The zero-order chi connectivity index (χ0) is 21.4. The van der Waals surface area contributed by atoms with Gasteiger partial charge in [-0.25, -0.2) is 0 Å². The molecule has 1 heterocycles. The van der Waals surface area contributed by atoms with Gasteiger partial charge in [-0.05, 0) is 47.5 Å². The van der Waals surface area contributed by atoms with Crippen molar-refractivity contribution in [1.82, 2.24) is 4.57 Å². The summed E-state index contributed by atoms with van der Waals surface area (Å²) in [5.41, 5.74) is 11.4. The summed E-state index contributed by atoms with van der Waals surface area (Å²) >= 11 is 0. The molecule has 0 unspecified atom stereocenters. The van der Waals surface area contributed by atoms with E-state index >= 15 is 0 Å². The summed E-state index contributed by atoms with van der Waals surface area (Å²) in [5.74, 6) is 0.384. The van der Waals surface area contributed by atoms with Crippen molar-refractivity contribution in [1.29, 1.82) is 0 Å². The quantitative estimate of drug-likeness (QED) is 0.425. The normalized spacial score (nSPS) is 11.1. The highest BCUT2D eigenvalue weighted by molar-refractivity contribution is 6.18. The molecule has 0 saturated carbocycles. The third-order valence-corrected chi connectivity index (χ3v) is 5.69. The highest BCUT2D eigenvalue weighted by Gasteiger charge is 2.18. The highest BCUT2D eigenvalue weighted by Crippen LogP contribution is 2.35. The molecule has 2 N–H and O–H groups in total. The molecule has 31 heavy (non-hydrogen) atoms. The third-order valence-electron chi connectivity index (χ3n) is 5.69. The average molecular weight is 405 g/mol. The van der Waals surface area contributed by atoms with Gasteiger partial charge in [0.25, 0.3) is 0 Å². The van der Waals surface area contributed by atoms with Crippen LogP contribution in [0.2, 0.25) is 0 Å². The van der Waals surface area contributed by atoms with E-state index in [1.807, 2.05) is 54.6 Å². The van der Waals surface area contributed by atoms with Crippen molar-refractivity contribution < 1.29 is 9.53 Å². The smallest absolute Gasteiger partial charge is 0.249 e. The van der Waals surface area contributed by atoms with Gasteiger partial charge in [0, 0.05) is 21.9 Å². The molecule has 1 radical (unpaired) electrons. The SMILES string of the molecule is COc1ccccc1Cn1c2cc(-c3ccccc3)c[c]c2c2c(C(N)=O)cccc21. The first-order chi connectivity index (χ1) is 15.2. The second kappa shape index (κ2) is 7.65. The molecule has 0 aliphatic heterocycles. The van der Waals surface area contributed by atoms with Crippen LogP contribution in [0.1, 0.15) is 15.9 Å². The molecule has 5 aromatic rings. The molecule has 0 fully saturated rings. The van der Waals surface area contributed by atoms with Gasteiger partial charge in [0.2, 0.25) is 5.91 Å². The Hall–Kier alpha value is -4.05. The first-order valence-electron chi connectivity index (χ1n) is 10.1. The van der Waals surface area contributed by atoms with E-state index in [1.165, 1.54) is 0 Å². The Morgan fingerprint density at radius 2 is 1.71 bits per heavy atom. The maximum atomic E-state index is 12.2. The minimum atomic E-state index is -0.442. The monoisotopic (exact) mass is 405 g/mol. The summed E-state index contributed by atoms with van der Waals surface area (Å²) in [6.07, 6.45) is 0. The van der Waals surface area contributed by atoms with Crippen molar-refractivity contribution in [3.63, 3.8) is 0 Å². The average Bonchev–Trinajstić information content (AvgIpc) is 3.13. The van der Waals surface area contributed by atoms with Gasteiger partial charge in [0.1, 0.15) is 5.75 Å². The van der Waals surface area contributed by atoms with Crippen molar-refractivity contribution in [3.05, 3.63) is 102 Å². The number of methoxy groups -OCH3 is 1. The number of fused-ring (bicyclic) bond motifs is 3. The second-order valence-electron chi connectivity index (χ2n) is 7.48. The Labute approximate surface area is 180 Å². The Morgan fingerprint density at radius 1 is 0.935 bits per heavy atom. The van der Waals surface area contributed by atoms with E-state index in [9.17, 15) is 4.79 Å². The van der Waals surface area contributed by atoms with E-state index < -0.39 is 5.91 Å². The van der Waals surface area contributed by atoms with Crippen LogP contribution >= 0.6 is 0 Å². The number of aromatic nitrogens is 1. The van der Waals surface area contributed by atoms with Crippen LogP contribution in [-0.4, -0.2) is 17.6 Å². The lowest BCUT2D eigenvalue weighted by Gasteiger charge is -2.12. The first-order valence-corrected chi connectivity index (χ1v) is 10.1. The van der Waals surface area contributed by atoms with E-state index in [0.717, 1.165) is 44.2 Å². The molecule has 151 valence electrons. The summed E-state index contributed by atoms with van der Waals surface area (Å²) in [6.45, 7) is 0.596. The van der Waals surface area contributed by atoms with Crippen LogP contribution in [-0.2, 0) is 6.54 Å². The minimum absolute atomic E-state index is 0.442. The van der Waals surface area contributed by atoms with Gasteiger partial charge in [0.05, 0.1) is 24.7 Å². The number of primary amides is 1. The molecule has 4 aromatic carbocycles. The molecule has 0 aliphatic rings. The van der Waals surface area contributed by atoms with Crippen molar-refractivity contribution in [2.45, 2.75) is 6.54 Å². The van der Waals surface area contributed by atoms with Crippen LogP contribution in [0.15, 0.2) is 84.9 Å². The minimum Gasteiger partial charge on any atom is -0.496 e. The van der Waals surface area contributed by atoms with Crippen LogP contribution in [0.25, 0.3) is 32.9 Å². The number of ether oxygens (including phenoxy) is 1. The summed E-state index contributed by atoms with van der Waals surface area (Å²) in [6, 6.07) is 31.4. The number of nitrogens with two attached hydrogens (primary N) is 1. The third kappa shape index (κ3) is 3.22. The summed E-state index contributed by atoms with van der Waals surface area (Å²) in [5, 5.41) is 1.72. The molecule has 0 bridgehead atoms. The number of carbonyl (C=O) groups excluding carboxylic acids is 1. The Balaban J connectivity index is 1.82. The number of carbonyl (C=O) groups is 1. The van der Waals surface area contributed by atoms with Gasteiger partial charge < -0.3 is 15.0 Å². The second-order valence-corrected chi connectivity index (χ2v) is 7.48. The van der Waals surface area contributed by atoms with Crippen LogP contribution in [0.3, 0.4) is 0 Å². The van der Waals surface area contributed by atoms with Gasteiger partial charge in [-0.3, -0.25) is 4.79 Å². The number of nitrogens with zero attached hydrogens (tertiary/aromatic N) is 1. The zero-order valence-corrected chi connectivity index (χ0v) is 17.1.